The summed E-state index contributed by atoms with van der Waals surface area (Å²) in [7, 11) is 1.77. The van der Waals surface area contributed by atoms with Gasteiger partial charge in [-0.05, 0) is 36.6 Å². The van der Waals surface area contributed by atoms with Gasteiger partial charge in [0.2, 0.25) is 0 Å². The van der Waals surface area contributed by atoms with E-state index in [-0.39, 0.29) is 0 Å². The second kappa shape index (κ2) is 5.71. The molecule has 2 rings (SSSR count). The first-order valence-corrected chi connectivity index (χ1v) is 6.32. The number of likely N-dealkylation sites (tertiary alicyclic amines) is 1. The molecule has 1 unspecified atom stereocenters. The minimum atomic E-state index is 0.632. The molecule has 0 aliphatic carbocycles. The largest absolute Gasteiger partial charge is 0.398 e. The molecule has 0 aromatic heterocycles. The van der Waals surface area contributed by atoms with Gasteiger partial charge in [0.1, 0.15) is 0 Å². The van der Waals surface area contributed by atoms with Crippen molar-refractivity contribution in [3.8, 4) is 0 Å². The fourth-order valence-corrected chi connectivity index (χ4v) is 2.50. The van der Waals surface area contributed by atoms with Crippen molar-refractivity contribution in [2.24, 2.45) is 5.92 Å². The van der Waals surface area contributed by atoms with Crippen LogP contribution in [-0.2, 0) is 11.3 Å². The van der Waals surface area contributed by atoms with Crippen LogP contribution in [0.15, 0.2) is 18.2 Å². The highest BCUT2D eigenvalue weighted by Gasteiger charge is 2.22. The van der Waals surface area contributed by atoms with Crippen molar-refractivity contribution >= 4 is 17.3 Å². The summed E-state index contributed by atoms with van der Waals surface area (Å²) >= 11 is 5.91. The van der Waals surface area contributed by atoms with Crippen molar-refractivity contribution in [1.82, 2.24) is 4.90 Å². The molecular weight excluding hydrogens is 236 g/mol. The first-order valence-electron chi connectivity index (χ1n) is 5.94. The number of hydrogen-bond acceptors (Lipinski definition) is 3. The summed E-state index contributed by atoms with van der Waals surface area (Å²) in [5.74, 6) is 0.671. The molecule has 0 spiro atoms. The van der Waals surface area contributed by atoms with Gasteiger partial charge in [-0.3, -0.25) is 4.90 Å². The minimum Gasteiger partial charge on any atom is -0.398 e. The zero-order chi connectivity index (χ0) is 12.3. The standard InChI is InChI=1S/C13H19ClN2O/c1-17-9-11-4-5-16(8-11)7-10-2-3-12(14)13(15)6-10/h2-3,6,11H,4-5,7-9,15H2,1H3. The van der Waals surface area contributed by atoms with Crippen molar-refractivity contribution in [1.29, 1.82) is 0 Å². The van der Waals surface area contributed by atoms with Crippen LogP contribution in [0.2, 0.25) is 5.02 Å². The molecule has 0 amide bonds. The third-order valence-corrected chi connectivity index (χ3v) is 3.58. The Labute approximate surface area is 107 Å². The normalized spacial score (nSPS) is 20.9. The molecule has 94 valence electrons. The maximum absolute atomic E-state index is 5.91. The molecular formula is C13H19ClN2O. The second-order valence-electron chi connectivity index (χ2n) is 4.70. The van der Waals surface area contributed by atoms with E-state index in [0.717, 1.165) is 26.2 Å². The molecule has 1 aliphatic heterocycles. The van der Waals surface area contributed by atoms with Gasteiger partial charge in [-0.15, -0.1) is 0 Å². The second-order valence-corrected chi connectivity index (χ2v) is 5.11. The van der Waals surface area contributed by atoms with E-state index in [4.69, 9.17) is 22.1 Å². The predicted molar refractivity (Wildman–Crippen MR) is 71.1 cm³/mol. The Kier molecular flexibility index (Phi) is 4.26. The van der Waals surface area contributed by atoms with Gasteiger partial charge >= 0.3 is 0 Å². The van der Waals surface area contributed by atoms with Crippen molar-refractivity contribution in [2.75, 3.05) is 32.5 Å². The zero-order valence-electron chi connectivity index (χ0n) is 10.2. The lowest BCUT2D eigenvalue weighted by Gasteiger charge is -2.16. The molecule has 1 heterocycles. The fraction of sp³-hybridized carbons (Fsp3) is 0.538. The average molecular weight is 255 g/mol. The van der Waals surface area contributed by atoms with E-state index in [2.05, 4.69) is 4.90 Å². The lowest BCUT2D eigenvalue weighted by Crippen LogP contribution is -2.21. The highest BCUT2D eigenvalue weighted by atomic mass is 35.5. The first kappa shape index (κ1) is 12.7. The summed E-state index contributed by atoms with van der Waals surface area (Å²) in [5.41, 5.74) is 7.69. The quantitative estimate of drug-likeness (QED) is 0.839. The van der Waals surface area contributed by atoms with Gasteiger partial charge in [0.25, 0.3) is 0 Å². The summed E-state index contributed by atoms with van der Waals surface area (Å²) in [6, 6.07) is 5.88. The van der Waals surface area contributed by atoms with E-state index in [1.54, 1.807) is 7.11 Å². The minimum absolute atomic E-state index is 0.632. The van der Waals surface area contributed by atoms with Gasteiger partial charge < -0.3 is 10.5 Å². The molecule has 2 N–H and O–H groups in total. The van der Waals surface area contributed by atoms with Crippen molar-refractivity contribution < 1.29 is 4.74 Å². The number of nitrogen functional groups attached to an aromatic ring is 1. The van der Waals surface area contributed by atoms with E-state index in [1.807, 2.05) is 18.2 Å². The van der Waals surface area contributed by atoms with Crippen LogP contribution in [0.1, 0.15) is 12.0 Å². The molecule has 1 fully saturated rings. The maximum Gasteiger partial charge on any atom is 0.0635 e. The van der Waals surface area contributed by atoms with Crippen molar-refractivity contribution in [2.45, 2.75) is 13.0 Å². The lowest BCUT2D eigenvalue weighted by molar-refractivity contribution is 0.152. The highest BCUT2D eigenvalue weighted by Crippen LogP contribution is 2.23. The summed E-state index contributed by atoms with van der Waals surface area (Å²) in [5, 5.41) is 0.632. The number of nitrogens with two attached hydrogens (primary N) is 1. The Morgan fingerprint density at radius 1 is 1.53 bits per heavy atom. The highest BCUT2D eigenvalue weighted by molar-refractivity contribution is 6.33. The fourth-order valence-electron chi connectivity index (χ4n) is 2.38. The molecule has 3 nitrogen and oxygen atoms in total. The molecule has 0 bridgehead atoms. The van der Waals surface area contributed by atoms with Gasteiger partial charge in [0.05, 0.1) is 17.3 Å². The number of hydrogen-bond donors (Lipinski definition) is 1. The van der Waals surface area contributed by atoms with Crippen LogP contribution in [-0.4, -0.2) is 31.7 Å². The van der Waals surface area contributed by atoms with Crippen molar-refractivity contribution in [3.63, 3.8) is 0 Å². The molecule has 1 aromatic rings. The van der Waals surface area contributed by atoms with Crippen LogP contribution in [0.25, 0.3) is 0 Å². The van der Waals surface area contributed by atoms with E-state index in [1.165, 1.54) is 12.0 Å². The van der Waals surface area contributed by atoms with Gasteiger partial charge in [-0.1, -0.05) is 17.7 Å². The van der Waals surface area contributed by atoms with Gasteiger partial charge in [0.15, 0.2) is 0 Å². The molecule has 1 saturated heterocycles. The Morgan fingerprint density at radius 2 is 2.35 bits per heavy atom. The number of halogens is 1. The topological polar surface area (TPSA) is 38.5 Å². The Hall–Kier alpha value is -0.770. The number of methoxy groups -OCH3 is 1. The summed E-state index contributed by atoms with van der Waals surface area (Å²) in [4.78, 5) is 2.44. The predicted octanol–water partition coefficient (Wildman–Crippen LogP) is 2.39. The van der Waals surface area contributed by atoms with Crippen LogP contribution in [0, 0.1) is 5.92 Å². The van der Waals surface area contributed by atoms with E-state index in [0.29, 0.717) is 16.6 Å². The van der Waals surface area contributed by atoms with Gasteiger partial charge in [-0.25, -0.2) is 0 Å². The SMILES string of the molecule is COCC1CCN(Cc2ccc(Cl)c(N)c2)C1. The molecule has 17 heavy (non-hydrogen) atoms. The van der Waals surface area contributed by atoms with Crippen LogP contribution in [0.5, 0.6) is 0 Å². The summed E-state index contributed by atoms with van der Waals surface area (Å²) < 4.78 is 5.20. The first-order chi connectivity index (χ1) is 8.19. The molecule has 1 aliphatic rings. The van der Waals surface area contributed by atoms with E-state index < -0.39 is 0 Å². The van der Waals surface area contributed by atoms with Gasteiger partial charge in [-0.2, -0.15) is 0 Å². The van der Waals surface area contributed by atoms with Crippen LogP contribution in [0.3, 0.4) is 0 Å². The number of rotatable bonds is 4. The van der Waals surface area contributed by atoms with E-state index >= 15 is 0 Å². The molecule has 0 radical (unpaired) electrons. The summed E-state index contributed by atoms with van der Waals surface area (Å²) in [6.07, 6.45) is 1.22. The van der Waals surface area contributed by atoms with Gasteiger partial charge in [0, 0.05) is 20.2 Å². The van der Waals surface area contributed by atoms with Crippen LogP contribution < -0.4 is 5.73 Å². The lowest BCUT2D eigenvalue weighted by atomic mass is 10.1. The zero-order valence-corrected chi connectivity index (χ0v) is 10.9. The third kappa shape index (κ3) is 3.35. The molecule has 1 aromatic carbocycles. The monoisotopic (exact) mass is 254 g/mol. The molecule has 1 atom stereocenters. The van der Waals surface area contributed by atoms with Crippen LogP contribution >= 0.6 is 11.6 Å². The average Bonchev–Trinajstić information content (AvgIpc) is 2.72. The maximum atomic E-state index is 5.91. The Balaban J connectivity index is 1.91. The Morgan fingerprint density at radius 3 is 3.06 bits per heavy atom. The number of benzene rings is 1. The number of nitrogens with zero attached hydrogens (tertiary/aromatic N) is 1. The van der Waals surface area contributed by atoms with E-state index in [9.17, 15) is 0 Å². The molecule has 0 saturated carbocycles. The summed E-state index contributed by atoms with van der Waals surface area (Å²) in [6.45, 7) is 4.05. The van der Waals surface area contributed by atoms with Crippen LogP contribution in [0.4, 0.5) is 5.69 Å². The molecule has 4 heteroatoms. The van der Waals surface area contributed by atoms with Crippen molar-refractivity contribution in [3.05, 3.63) is 28.8 Å². The Bertz CT molecular complexity index is 384. The number of anilines is 1. The third-order valence-electron chi connectivity index (χ3n) is 3.24. The number of ether oxygens (including phenoxy) is 1. The smallest absolute Gasteiger partial charge is 0.0635 e.